The predicted molar refractivity (Wildman–Crippen MR) is 166 cm³/mol. The molecule has 0 aliphatic carbocycles. The molecule has 0 bridgehead atoms. The summed E-state index contributed by atoms with van der Waals surface area (Å²) in [4.78, 5) is 57.8. The van der Waals surface area contributed by atoms with Gasteiger partial charge in [-0.2, -0.15) is 9.97 Å². The molecule has 2 atom stereocenters. The zero-order valence-corrected chi connectivity index (χ0v) is 25.1. The van der Waals surface area contributed by atoms with Gasteiger partial charge in [0.2, 0.25) is 5.95 Å². The van der Waals surface area contributed by atoms with E-state index in [-0.39, 0.29) is 31.4 Å². The first-order chi connectivity index (χ1) is 21.1. The number of amides is 1. The molecule has 0 saturated carbocycles. The monoisotopic (exact) mass is 600 g/mol. The highest BCUT2D eigenvalue weighted by Gasteiger charge is 2.34. The van der Waals surface area contributed by atoms with E-state index in [1.807, 2.05) is 43.1 Å². The summed E-state index contributed by atoms with van der Waals surface area (Å²) in [6.45, 7) is 6.02. The molecule has 2 heterocycles. The van der Waals surface area contributed by atoms with Crippen LogP contribution in [0.5, 0.6) is 0 Å². The number of hydrogen-bond acceptors (Lipinski definition) is 12. The van der Waals surface area contributed by atoms with Gasteiger partial charge in [-0.3, -0.25) is 9.59 Å². The molecule has 0 saturated heterocycles. The van der Waals surface area contributed by atoms with E-state index >= 15 is 0 Å². The predicted octanol–water partition coefficient (Wildman–Crippen LogP) is 2.93. The van der Waals surface area contributed by atoms with Crippen LogP contribution in [-0.2, 0) is 25.6 Å². The van der Waals surface area contributed by atoms with Crippen LogP contribution in [0.25, 0.3) is 11.2 Å². The Balaban J connectivity index is 1.52. The van der Waals surface area contributed by atoms with E-state index in [2.05, 4.69) is 25.3 Å². The molecule has 13 heteroatoms. The van der Waals surface area contributed by atoms with Gasteiger partial charge in [0.15, 0.2) is 17.0 Å². The zero-order valence-electron chi connectivity index (χ0n) is 25.1. The Morgan fingerprint density at radius 2 is 1.61 bits per heavy atom. The van der Waals surface area contributed by atoms with E-state index in [0.29, 0.717) is 34.5 Å². The quantitative estimate of drug-likeness (QED) is 0.202. The Kier molecular flexibility index (Phi) is 10.2. The summed E-state index contributed by atoms with van der Waals surface area (Å²) in [6, 6.07) is 13.2. The van der Waals surface area contributed by atoms with Crippen molar-refractivity contribution >= 4 is 46.5 Å². The highest BCUT2D eigenvalue weighted by Crippen LogP contribution is 2.27. The van der Waals surface area contributed by atoms with Crippen LogP contribution in [0, 0.1) is 6.92 Å². The summed E-state index contributed by atoms with van der Waals surface area (Å²) >= 11 is 0. The Bertz CT molecular complexity index is 1630. The van der Waals surface area contributed by atoms with Crippen molar-refractivity contribution in [3.05, 3.63) is 77.1 Å². The third-order valence-electron chi connectivity index (χ3n) is 6.90. The molecule has 0 fully saturated rings. The average Bonchev–Trinajstić information content (AvgIpc) is 3.00. The Morgan fingerprint density at radius 3 is 2.27 bits per heavy atom. The molecule has 0 spiro atoms. The molecule has 0 aliphatic rings. The number of fused-ring (bicyclic) bond motifs is 1. The minimum atomic E-state index is -1.13. The number of aromatic nitrogens is 4. The number of nitrogens with zero attached hydrogens (tertiary/aromatic N) is 5. The second-order valence-corrected chi connectivity index (χ2v) is 10.1. The van der Waals surface area contributed by atoms with Crippen molar-refractivity contribution in [3.63, 3.8) is 0 Å². The molecule has 0 aliphatic heterocycles. The molecule has 2 aromatic heterocycles. The lowest BCUT2D eigenvalue weighted by Gasteiger charge is -2.26. The lowest BCUT2D eigenvalue weighted by Crippen LogP contribution is -2.46. The van der Waals surface area contributed by atoms with Crippen LogP contribution in [0.3, 0.4) is 0 Å². The van der Waals surface area contributed by atoms with Gasteiger partial charge >= 0.3 is 11.9 Å². The number of nitrogen functional groups attached to an aromatic ring is 2. The highest BCUT2D eigenvalue weighted by atomic mass is 16.5. The highest BCUT2D eigenvalue weighted by molar-refractivity contribution is 5.97. The summed E-state index contributed by atoms with van der Waals surface area (Å²) in [7, 11) is 1.86. The minimum absolute atomic E-state index is 0.0246. The Hall–Kier alpha value is -5.33. The maximum atomic E-state index is 13.4. The standard InChI is InChI=1S/C31H36N8O5/c1-5-43-24(40)15-23(19-9-7-18(3)8-10-19)25(30(42)44-6-2)36-29(41)20-11-13-22(14-12-20)39(4)17-21-16-34-28-26(35-21)27(32)37-31(33)38-28/h7-14,16,23,25H,5-6,15,17H2,1-4H3,(H,36,41)(H4,32,33,34,37,38)/t23?,25-/m0/s1. The number of hydrogen-bond donors (Lipinski definition) is 3. The molecule has 44 heavy (non-hydrogen) atoms. The second-order valence-electron chi connectivity index (χ2n) is 10.1. The molecular formula is C31H36N8O5. The summed E-state index contributed by atoms with van der Waals surface area (Å²) in [5.74, 6) is -2.15. The van der Waals surface area contributed by atoms with Crippen molar-refractivity contribution in [1.29, 1.82) is 0 Å². The summed E-state index contributed by atoms with van der Waals surface area (Å²) in [6.07, 6.45) is 1.47. The van der Waals surface area contributed by atoms with Crippen LogP contribution >= 0.6 is 0 Å². The smallest absolute Gasteiger partial charge is 0.329 e. The van der Waals surface area contributed by atoms with Gasteiger partial charge < -0.3 is 31.2 Å². The fourth-order valence-electron chi connectivity index (χ4n) is 4.68. The topological polar surface area (TPSA) is 189 Å². The number of nitrogens with one attached hydrogen (secondary N) is 1. The lowest BCUT2D eigenvalue weighted by molar-refractivity contribution is -0.147. The number of ether oxygens (including phenoxy) is 2. The van der Waals surface area contributed by atoms with Crippen LogP contribution in [0.15, 0.2) is 54.7 Å². The van der Waals surface area contributed by atoms with Crippen LogP contribution in [0.4, 0.5) is 17.5 Å². The van der Waals surface area contributed by atoms with Crippen molar-refractivity contribution in [3.8, 4) is 0 Å². The fraction of sp³-hybridized carbons (Fsp3) is 0.323. The number of carbonyl (C=O) groups excluding carboxylic acids is 3. The van der Waals surface area contributed by atoms with Crippen LogP contribution < -0.4 is 21.7 Å². The van der Waals surface area contributed by atoms with Gasteiger partial charge in [0, 0.05) is 24.2 Å². The van der Waals surface area contributed by atoms with E-state index in [9.17, 15) is 14.4 Å². The van der Waals surface area contributed by atoms with Crippen molar-refractivity contribution in [2.75, 3.05) is 36.6 Å². The molecule has 4 rings (SSSR count). The lowest BCUT2D eigenvalue weighted by atomic mass is 9.87. The maximum Gasteiger partial charge on any atom is 0.329 e. The van der Waals surface area contributed by atoms with Crippen molar-refractivity contribution in [1.82, 2.24) is 25.3 Å². The van der Waals surface area contributed by atoms with Crippen LogP contribution in [0.1, 0.15) is 53.4 Å². The number of esters is 2. The van der Waals surface area contributed by atoms with Crippen LogP contribution in [-0.4, -0.2) is 64.1 Å². The van der Waals surface area contributed by atoms with Crippen molar-refractivity contribution < 1.29 is 23.9 Å². The number of rotatable bonds is 12. The molecule has 1 amide bonds. The fourth-order valence-corrected chi connectivity index (χ4v) is 4.68. The maximum absolute atomic E-state index is 13.4. The van der Waals surface area contributed by atoms with Crippen molar-refractivity contribution in [2.45, 2.75) is 45.7 Å². The number of aryl methyl sites for hydroxylation is 1. The summed E-state index contributed by atoms with van der Waals surface area (Å²) < 4.78 is 10.5. The molecule has 1 unspecified atom stereocenters. The Labute approximate surface area is 255 Å². The molecule has 5 N–H and O–H groups in total. The molecule has 4 aromatic rings. The summed E-state index contributed by atoms with van der Waals surface area (Å²) in [5, 5.41) is 2.81. The van der Waals surface area contributed by atoms with Gasteiger partial charge in [0.25, 0.3) is 5.91 Å². The number of benzene rings is 2. The summed E-state index contributed by atoms with van der Waals surface area (Å²) in [5.41, 5.74) is 15.7. The van der Waals surface area contributed by atoms with E-state index in [4.69, 9.17) is 20.9 Å². The average molecular weight is 601 g/mol. The normalized spacial score (nSPS) is 12.3. The van der Waals surface area contributed by atoms with Gasteiger partial charge in [-0.15, -0.1) is 0 Å². The van der Waals surface area contributed by atoms with E-state index in [1.165, 1.54) is 0 Å². The molecule has 230 valence electrons. The van der Waals surface area contributed by atoms with E-state index in [0.717, 1.165) is 11.3 Å². The van der Waals surface area contributed by atoms with Gasteiger partial charge in [-0.05, 0) is 50.6 Å². The number of nitrogens with two attached hydrogens (primary N) is 2. The van der Waals surface area contributed by atoms with Gasteiger partial charge in [0.05, 0.1) is 38.1 Å². The largest absolute Gasteiger partial charge is 0.466 e. The Morgan fingerprint density at radius 1 is 0.932 bits per heavy atom. The molecule has 0 radical (unpaired) electrons. The number of anilines is 3. The molecule has 2 aromatic carbocycles. The molecule has 13 nitrogen and oxygen atoms in total. The van der Waals surface area contributed by atoms with E-state index < -0.39 is 29.8 Å². The first kappa shape index (κ1) is 31.6. The van der Waals surface area contributed by atoms with Gasteiger partial charge in [-0.25, -0.2) is 14.8 Å². The van der Waals surface area contributed by atoms with Crippen molar-refractivity contribution in [2.24, 2.45) is 0 Å². The van der Waals surface area contributed by atoms with Gasteiger partial charge in [0.1, 0.15) is 6.04 Å². The first-order valence-corrected chi connectivity index (χ1v) is 14.1. The van der Waals surface area contributed by atoms with Crippen LogP contribution in [0.2, 0.25) is 0 Å². The minimum Gasteiger partial charge on any atom is -0.466 e. The van der Waals surface area contributed by atoms with E-state index in [1.54, 1.807) is 44.3 Å². The third-order valence-corrected chi connectivity index (χ3v) is 6.90. The SMILES string of the molecule is CCOC(=O)CC(c1ccc(C)cc1)[C@H](NC(=O)c1ccc(N(C)Cc2cnc3nc(N)nc(N)c3n2)cc1)C(=O)OCC. The van der Waals surface area contributed by atoms with Gasteiger partial charge in [-0.1, -0.05) is 29.8 Å². The second kappa shape index (κ2) is 14.2. The number of carbonyl (C=O) groups is 3. The zero-order chi connectivity index (χ0) is 31.8. The third kappa shape index (κ3) is 7.73. The first-order valence-electron chi connectivity index (χ1n) is 14.1. The molecular weight excluding hydrogens is 564 g/mol.